The Balaban J connectivity index is 1.06. The number of para-hydroxylation sites is 1. The molecule has 0 aliphatic heterocycles. The predicted molar refractivity (Wildman–Crippen MR) is 209 cm³/mol. The van der Waals surface area contributed by atoms with Crippen LogP contribution in [-0.4, -0.2) is 16.0 Å². The molecule has 8 rings (SSSR count). The maximum Gasteiger partial charge on any atom is 0.0560 e. The van der Waals surface area contributed by atoms with Gasteiger partial charge in [-0.3, -0.25) is 0 Å². The smallest absolute Gasteiger partial charge is 0.0560 e. The molecule has 0 heterocycles. The second-order valence-electron chi connectivity index (χ2n) is 12.9. The third-order valence-corrected chi connectivity index (χ3v) is 11.2. The molecular formula is C44H39IN2. The first kappa shape index (κ1) is 30.0. The zero-order chi connectivity index (χ0) is 31.6. The lowest BCUT2D eigenvalue weighted by Gasteiger charge is -2.40. The molecule has 0 N–H and O–H groups in total. The average Bonchev–Trinajstić information content (AvgIpc) is 3.14. The molecule has 2 nitrogen and oxygen atoms in total. The van der Waals surface area contributed by atoms with Gasteiger partial charge in [0.25, 0.3) is 0 Å². The number of allylic oxidation sites excluding steroid dienone is 10. The minimum Gasteiger partial charge on any atom is -0.337 e. The first-order chi connectivity index (χ1) is 23.2. The van der Waals surface area contributed by atoms with Gasteiger partial charge in [0, 0.05) is 44.6 Å². The molecule has 232 valence electrons. The molecule has 0 fully saturated rings. The lowest BCUT2D eigenvalue weighted by atomic mass is 9.83. The van der Waals surface area contributed by atoms with Crippen LogP contribution in [0.2, 0.25) is 0 Å². The first-order valence-electron chi connectivity index (χ1n) is 16.9. The molecule has 0 radical (unpaired) electrons. The van der Waals surface area contributed by atoms with Crippen LogP contribution >= 0.6 is 22.6 Å². The van der Waals surface area contributed by atoms with Gasteiger partial charge in [0.05, 0.1) is 6.04 Å². The zero-order valence-electron chi connectivity index (χ0n) is 26.4. The van der Waals surface area contributed by atoms with Crippen molar-refractivity contribution >= 4 is 56.0 Å². The summed E-state index contributed by atoms with van der Waals surface area (Å²) in [4.78, 5) is 5.08. The van der Waals surface area contributed by atoms with E-state index in [9.17, 15) is 0 Å². The van der Waals surface area contributed by atoms with Gasteiger partial charge in [-0.15, -0.1) is 0 Å². The fraction of sp³-hybridized carbons (Fsp3) is 0.182. The van der Waals surface area contributed by atoms with Gasteiger partial charge in [0.1, 0.15) is 0 Å². The molecule has 3 heteroatoms. The fourth-order valence-corrected chi connectivity index (χ4v) is 8.46. The Morgan fingerprint density at radius 3 is 2.15 bits per heavy atom. The fourth-order valence-electron chi connectivity index (χ4n) is 7.48. The average molecular weight is 723 g/mol. The molecule has 5 atom stereocenters. The first-order valence-corrected chi connectivity index (χ1v) is 18.1. The number of benzene rings is 4. The van der Waals surface area contributed by atoms with E-state index in [0.717, 1.165) is 19.3 Å². The Bertz CT molecular complexity index is 1960. The Kier molecular flexibility index (Phi) is 8.56. The highest BCUT2D eigenvalue weighted by Gasteiger charge is 2.30. The lowest BCUT2D eigenvalue weighted by molar-refractivity contribution is 0.585. The molecule has 0 aromatic heterocycles. The van der Waals surface area contributed by atoms with Crippen LogP contribution in [0.4, 0.5) is 17.1 Å². The standard InChI is InChI=1S/C44H39IN2/c45-43-16-8-9-17-44(43)47(42-29-23-33-11-5-7-13-37(33)31-42)40-26-20-35(21-27-40)34-18-24-39(25-19-34)46(38-14-2-1-3-15-38)41-28-22-32-10-4-6-12-36(32)30-41/h1-8,10-16,18-24,26-31,33,37,39,43-44H,9,17,25H2. The molecule has 4 aromatic rings. The molecule has 5 unspecified atom stereocenters. The molecule has 0 spiro atoms. The summed E-state index contributed by atoms with van der Waals surface area (Å²) in [5.41, 5.74) is 7.57. The SMILES string of the molecule is IC1C=CCCC1N(C1=CC2C=CC=CC2C=C1)c1ccc(C2=CCC(N(c3ccccc3)c3ccc4ccccc4c3)C=C2)cc1. The third-order valence-electron chi connectivity index (χ3n) is 9.93. The number of nitrogens with zero attached hydrogens (tertiary/aromatic N) is 2. The van der Waals surface area contributed by atoms with Gasteiger partial charge in [-0.25, -0.2) is 0 Å². The maximum absolute atomic E-state index is 2.63. The van der Waals surface area contributed by atoms with E-state index in [-0.39, 0.29) is 6.04 Å². The van der Waals surface area contributed by atoms with Crippen LogP contribution in [0.15, 0.2) is 176 Å². The van der Waals surface area contributed by atoms with E-state index in [4.69, 9.17) is 0 Å². The van der Waals surface area contributed by atoms with E-state index in [1.165, 1.54) is 44.7 Å². The molecule has 4 aliphatic rings. The number of fused-ring (bicyclic) bond motifs is 2. The quantitative estimate of drug-likeness (QED) is 0.106. The lowest BCUT2D eigenvalue weighted by Crippen LogP contribution is -2.41. The summed E-state index contributed by atoms with van der Waals surface area (Å²) >= 11 is 2.63. The van der Waals surface area contributed by atoms with Crippen molar-refractivity contribution in [3.05, 3.63) is 181 Å². The Labute approximate surface area is 292 Å². The van der Waals surface area contributed by atoms with Crippen LogP contribution in [0.25, 0.3) is 16.3 Å². The van der Waals surface area contributed by atoms with Crippen LogP contribution in [0, 0.1) is 11.8 Å². The van der Waals surface area contributed by atoms with E-state index < -0.39 is 0 Å². The third kappa shape index (κ3) is 6.21. The largest absolute Gasteiger partial charge is 0.337 e. The van der Waals surface area contributed by atoms with Crippen molar-refractivity contribution in [1.29, 1.82) is 0 Å². The maximum atomic E-state index is 2.63. The van der Waals surface area contributed by atoms with Gasteiger partial charge in [0.15, 0.2) is 0 Å². The minimum atomic E-state index is 0.231. The van der Waals surface area contributed by atoms with Crippen LogP contribution in [0.3, 0.4) is 0 Å². The Morgan fingerprint density at radius 1 is 0.617 bits per heavy atom. The van der Waals surface area contributed by atoms with Gasteiger partial charge in [-0.05, 0) is 83.6 Å². The Hall–Kier alpha value is -4.35. The van der Waals surface area contributed by atoms with Crippen molar-refractivity contribution < 1.29 is 0 Å². The van der Waals surface area contributed by atoms with Crippen molar-refractivity contribution in [3.63, 3.8) is 0 Å². The monoisotopic (exact) mass is 722 g/mol. The van der Waals surface area contributed by atoms with E-state index in [1.807, 2.05) is 0 Å². The summed E-state index contributed by atoms with van der Waals surface area (Å²) in [6.45, 7) is 0. The summed E-state index contributed by atoms with van der Waals surface area (Å²) in [7, 11) is 0. The molecular weight excluding hydrogens is 683 g/mol. The summed E-state index contributed by atoms with van der Waals surface area (Å²) in [6.07, 6.45) is 31.3. The molecule has 47 heavy (non-hydrogen) atoms. The number of anilines is 3. The number of hydrogen-bond acceptors (Lipinski definition) is 2. The number of halogens is 1. The van der Waals surface area contributed by atoms with Crippen molar-refractivity contribution in [2.45, 2.75) is 35.3 Å². The molecule has 0 bridgehead atoms. The van der Waals surface area contributed by atoms with Crippen LogP contribution in [0.5, 0.6) is 0 Å². The highest BCUT2D eigenvalue weighted by molar-refractivity contribution is 14.1. The van der Waals surface area contributed by atoms with Crippen LogP contribution in [0.1, 0.15) is 24.8 Å². The second-order valence-corrected chi connectivity index (χ2v) is 14.3. The highest BCUT2D eigenvalue weighted by atomic mass is 127. The summed E-state index contributed by atoms with van der Waals surface area (Å²) in [6, 6.07) is 36.2. The molecule has 4 aliphatic carbocycles. The van der Waals surface area contributed by atoms with Gasteiger partial charge in [-0.2, -0.15) is 0 Å². The number of rotatable bonds is 7. The summed E-state index contributed by atoms with van der Waals surface area (Å²) in [5.74, 6) is 0.881. The predicted octanol–water partition coefficient (Wildman–Crippen LogP) is 11.5. The van der Waals surface area contributed by atoms with Crippen LogP contribution < -0.4 is 9.80 Å². The normalized spacial score (nSPS) is 24.5. The Morgan fingerprint density at radius 2 is 1.36 bits per heavy atom. The second kappa shape index (κ2) is 13.4. The van der Waals surface area contributed by atoms with Gasteiger partial charge >= 0.3 is 0 Å². The van der Waals surface area contributed by atoms with Gasteiger partial charge in [-0.1, -0.05) is 150 Å². The van der Waals surface area contributed by atoms with Crippen LogP contribution in [-0.2, 0) is 0 Å². The molecule has 0 saturated heterocycles. The number of hydrogen-bond donors (Lipinski definition) is 0. The van der Waals surface area contributed by atoms with E-state index in [1.54, 1.807) is 0 Å². The topological polar surface area (TPSA) is 6.48 Å². The van der Waals surface area contributed by atoms with E-state index in [0.29, 0.717) is 21.8 Å². The summed E-state index contributed by atoms with van der Waals surface area (Å²) < 4.78 is 0.464. The van der Waals surface area contributed by atoms with E-state index >= 15 is 0 Å². The minimum absolute atomic E-state index is 0.231. The summed E-state index contributed by atoms with van der Waals surface area (Å²) in [5, 5.41) is 2.53. The van der Waals surface area contributed by atoms with Crippen molar-refractivity contribution in [2.75, 3.05) is 9.80 Å². The van der Waals surface area contributed by atoms with Crippen molar-refractivity contribution in [1.82, 2.24) is 0 Å². The molecule has 0 amide bonds. The van der Waals surface area contributed by atoms with Gasteiger partial charge < -0.3 is 9.80 Å². The van der Waals surface area contributed by atoms with E-state index in [2.05, 4.69) is 202 Å². The van der Waals surface area contributed by atoms with Crippen molar-refractivity contribution in [2.24, 2.45) is 11.8 Å². The number of alkyl halides is 1. The van der Waals surface area contributed by atoms with Gasteiger partial charge in [0.2, 0.25) is 0 Å². The highest BCUT2D eigenvalue weighted by Crippen LogP contribution is 2.38. The van der Waals surface area contributed by atoms with Crippen molar-refractivity contribution in [3.8, 4) is 0 Å². The zero-order valence-corrected chi connectivity index (χ0v) is 28.6. The molecule has 0 saturated carbocycles. The molecule has 4 aromatic carbocycles.